The van der Waals surface area contributed by atoms with E-state index >= 15 is 0 Å². The molecule has 0 fully saturated rings. The third kappa shape index (κ3) is 3.27. The van der Waals surface area contributed by atoms with Gasteiger partial charge in [0.1, 0.15) is 22.9 Å². The minimum Gasteiger partial charge on any atom is -0.455 e. The summed E-state index contributed by atoms with van der Waals surface area (Å²) >= 11 is 0. The molecule has 0 spiro atoms. The number of nitrogens with two attached hydrogens (primary N) is 4. The predicted octanol–water partition coefficient (Wildman–Crippen LogP) is 3.60. The zero-order chi connectivity index (χ0) is 17.1. The van der Waals surface area contributed by atoms with E-state index in [0.29, 0.717) is 45.7 Å². The van der Waals surface area contributed by atoms with Crippen LogP contribution in [0.15, 0.2) is 60.7 Å². The van der Waals surface area contributed by atoms with Gasteiger partial charge < -0.3 is 32.4 Å². The van der Waals surface area contributed by atoms with Gasteiger partial charge in [0.25, 0.3) is 0 Å². The fourth-order valence-corrected chi connectivity index (χ4v) is 2.10. The first-order valence-corrected chi connectivity index (χ1v) is 7.27. The number of nitrogen functional groups attached to an aromatic ring is 4. The molecule has 0 radical (unpaired) electrons. The Kier molecular flexibility index (Phi) is 4.03. The van der Waals surface area contributed by atoms with E-state index in [2.05, 4.69) is 0 Å². The SMILES string of the molecule is Nc1ccc(Oc2ccc(Oc3ccc(N)cc3)c(N)c2N)cc1. The van der Waals surface area contributed by atoms with Crippen LogP contribution in [0.5, 0.6) is 23.0 Å². The molecule has 0 heterocycles. The molecule has 6 heteroatoms. The number of ether oxygens (including phenoxy) is 2. The van der Waals surface area contributed by atoms with Crippen LogP contribution >= 0.6 is 0 Å². The third-order valence-corrected chi connectivity index (χ3v) is 3.42. The van der Waals surface area contributed by atoms with Gasteiger partial charge in [-0.25, -0.2) is 0 Å². The van der Waals surface area contributed by atoms with E-state index in [9.17, 15) is 0 Å². The topological polar surface area (TPSA) is 123 Å². The minimum absolute atomic E-state index is 0.305. The first-order chi connectivity index (χ1) is 11.5. The molecule has 122 valence electrons. The zero-order valence-corrected chi connectivity index (χ0v) is 12.9. The van der Waals surface area contributed by atoms with Crippen molar-refractivity contribution in [3.05, 3.63) is 60.7 Å². The Balaban J connectivity index is 1.82. The van der Waals surface area contributed by atoms with Crippen LogP contribution in [-0.4, -0.2) is 0 Å². The van der Waals surface area contributed by atoms with Crippen LogP contribution in [0.2, 0.25) is 0 Å². The highest BCUT2D eigenvalue weighted by atomic mass is 16.5. The van der Waals surface area contributed by atoms with Crippen molar-refractivity contribution in [1.82, 2.24) is 0 Å². The van der Waals surface area contributed by atoms with Gasteiger partial charge in [-0.15, -0.1) is 0 Å². The summed E-state index contributed by atoms with van der Waals surface area (Å²) in [5.41, 5.74) is 25.4. The Bertz CT molecular complexity index is 774. The number of rotatable bonds is 4. The number of hydrogen-bond acceptors (Lipinski definition) is 6. The van der Waals surface area contributed by atoms with Crippen LogP contribution in [0.25, 0.3) is 0 Å². The zero-order valence-electron chi connectivity index (χ0n) is 12.9. The Morgan fingerprint density at radius 3 is 1.12 bits per heavy atom. The van der Waals surface area contributed by atoms with Gasteiger partial charge in [0.2, 0.25) is 0 Å². The molecule has 3 aromatic carbocycles. The van der Waals surface area contributed by atoms with Gasteiger partial charge in [-0.1, -0.05) is 0 Å². The van der Waals surface area contributed by atoms with Crippen LogP contribution in [0.3, 0.4) is 0 Å². The standard InChI is InChI=1S/C18H18N4O2/c19-11-1-5-13(6-2-11)23-15-9-10-16(18(22)17(15)21)24-14-7-3-12(20)4-8-14/h1-10H,19-22H2. The van der Waals surface area contributed by atoms with Gasteiger partial charge in [0, 0.05) is 11.4 Å². The van der Waals surface area contributed by atoms with Crippen molar-refractivity contribution < 1.29 is 9.47 Å². The molecule has 0 aromatic heterocycles. The summed E-state index contributed by atoms with van der Waals surface area (Å²) in [5.74, 6) is 2.12. The second-order valence-electron chi connectivity index (χ2n) is 5.23. The van der Waals surface area contributed by atoms with E-state index in [0.717, 1.165) is 0 Å². The van der Waals surface area contributed by atoms with E-state index < -0.39 is 0 Å². The molecule has 0 aliphatic carbocycles. The number of benzene rings is 3. The molecule has 8 N–H and O–H groups in total. The van der Waals surface area contributed by atoms with Crippen molar-refractivity contribution in [3.63, 3.8) is 0 Å². The average Bonchev–Trinajstić information content (AvgIpc) is 2.58. The number of anilines is 4. The van der Waals surface area contributed by atoms with E-state index in [1.165, 1.54) is 0 Å². The van der Waals surface area contributed by atoms with Crippen molar-refractivity contribution in [2.24, 2.45) is 0 Å². The lowest BCUT2D eigenvalue weighted by atomic mass is 10.2. The Labute approximate surface area is 139 Å². The normalized spacial score (nSPS) is 10.3. The maximum absolute atomic E-state index is 6.06. The molecule has 3 aromatic rings. The quantitative estimate of drug-likeness (QED) is 0.544. The minimum atomic E-state index is 0.305. The van der Waals surface area contributed by atoms with Crippen LogP contribution in [0.1, 0.15) is 0 Å². The van der Waals surface area contributed by atoms with E-state index in [-0.39, 0.29) is 0 Å². The highest BCUT2D eigenvalue weighted by Gasteiger charge is 2.12. The maximum atomic E-state index is 6.06. The Hall–Kier alpha value is -3.54. The van der Waals surface area contributed by atoms with Crippen LogP contribution in [0.4, 0.5) is 22.7 Å². The molecule has 0 saturated carbocycles. The average molecular weight is 322 g/mol. The summed E-state index contributed by atoms with van der Waals surface area (Å²) in [7, 11) is 0. The van der Waals surface area contributed by atoms with Gasteiger partial charge in [-0.2, -0.15) is 0 Å². The molecule has 0 saturated heterocycles. The first-order valence-electron chi connectivity index (χ1n) is 7.27. The van der Waals surface area contributed by atoms with Crippen molar-refractivity contribution in [2.45, 2.75) is 0 Å². The summed E-state index contributed by atoms with van der Waals surface area (Å²) in [5, 5.41) is 0. The largest absolute Gasteiger partial charge is 0.455 e. The van der Waals surface area contributed by atoms with Gasteiger partial charge >= 0.3 is 0 Å². The van der Waals surface area contributed by atoms with Crippen molar-refractivity contribution in [2.75, 3.05) is 22.9 Å². The molecular weight excluding hydrogens is 304 g/mol. The highest BCUT2D eigenvalue weighted by Crippen LogP contribution is 2.39. The second-order valence-corrected chi connectivity index (χ2v) is 5.23. The smallest absolute Gasteiger partial charge is 0.152 e. The molecule has 24 heavy (non-hydrogen) atoms. The number of hydrogen-bond donors (Lipinski definition) is 4. The fourth-order valence-electron chi connectivity index (χ4n) is 2.10. The summed E-state index contributed by atoms with van der Waals surface area (Å²) in [4.78, 5) is 0. The highest BCUT2D eigenvalue weighted by molar-refractivity contribution is 5.77. The van der Waals surface area contributed by atoms with Crippen LogP contribution < -0.4 is 32.4 Å². The Morgan fingerprint density at radius 2 is 0.792 bits per heavy atom. The van der Waals surface area contributed by atoms with Crippen molar-refractivity contribution in [3.8, 4) is 23.0 Å². The molecule has 0 bridgehead atoms. The van der Waals surface area contributed by atoms with Gasteiger partial charge in [-0.3, -0.25) is 0 Å². The second kappa shape index (κ2) is 6.29. The van der Waals surface area contributed by atoms with Crippen LogP contribution in [-0.2, 0) is 0 Å². The summed E-state index contributed by atoms with van der Waals surface area (Å²) in [6.45, 7) is 0. The molecule has 3 rings (SSSR count). The van der Waals surface area contributed by atoms with E-state index in [4.69, 9.17) is 32.4 Å². The van der Waals surface area contributed by atoms with Crippen molar-refractivity contribution >= 4 is 22.7 Å². The molecule has 0 amide bonds. The molecule has 0 unspecified atom stereocenters. The molecule has 0 aliphatic rings. The Morgan fingerprint density at radius 1 is 0.458 bits per heavy atom. The predicted molar refractivity (Wildman–Crippen MR) is 97.1 cm³/mol. The van der Waals surface area contributed by atoms with Gasteiger partial charge in [0.05, 0.1) is 0 Å². The lowest BCUT2D eigenvalue weighted by Gasteiger charge is -2.14. The molecular formula is C18H18N4O2. The molecule has 0 aliphatic heterocycles. The fraction of sp³-hybridized carbons (Fsp3) is 0. The third-order valence-electron chi connectivity index (χ3n) is 3.42. The van der Waals surface area contributed by atoms with Gasteiger partial charge in [-0.05, 0) is 60.7 Å². The van der Waals surface area contributed by atoms with Crippen molar-refractivity contribution in [1.29, 1.82) is 0 Å². The van der Waals surface area contributed by atoms with E-state index in [1.54, 1.807) is 60.7 Å². The first kappa shape index (κ1) is 15.4. The lowest BCUT2D eigenvalue weighted by Crippen LogP contribution is -2.00. The maximum Gasteiger partial charge on any atom is 0.152 e. The molecule has 0 atom stereocenters. The van der Waals surface area contributed by atoms with E-state index in [1.807, 2.05) is 0 Å². The van der Waals surface area contributed by atoms with Crippen LogP contribution in [0, 0.1) is 0 Å². The lowest BCUT2D eigenvalue weighted by molar-refractivity contribution is 0.473. The molecule has 6 nitrogen and oxygen atoms in total. The summed E-state index contributed by atoms with van der Waals surface area (Å²) < 4.78 is 11.5. The van der Waals surface area contributed by atoms with Gasteiger partial charge in [0.15, 0.2) is 11.5 Å². The monoisotopic (exact) mass is 322 g/mol. The summed E-state index contributed by atoms with van der Waals surface area (Å²) in [6, 6.07) is 17.4. The summed E-state index contributed by atoms with van der Waals surface area (Å²) in [6.07, 6.45) is 0.